The maximum Gasteiger partial charge on any atom is 0.127 e. The first-order valence-electron chi connectivity index (χ1n) is 6.88. The average molecular weight is 283 g/mol. The van der Waals surface area contributed by atoms with E-state index in [0.717, 1.165) is 28.0 Å². The highest BCUT2D eigenvalue weighted by Gasteiger charge is 2.10. The molecule has 0 saturated heterocycles. The van der Waals surface area contributed by atoms with Gasteiger partial charge in [-0.05, 0) is 30.5 Å². The van der Waals surface area contributed by atoms with Crippen molar-refractivity contribution in [1.82, 2.24) is 5.59 Å². The van der Waals surface area contributed by atoms with E-state index in [2.05, 4.69) is 11.2 Å². The molecule has 0 bridgehead atoms. The van der Waals surface area contributed by atoms with Gasteiger partial charge >= 0.3 is 0 Å². The Labute approximate surface area is 125 Å². The molecule has 0 fully saturated rings. The molecule has 0 unspecified atom stereocenters. The smallest absolute Gasteiger partial charge is 0.127 e. The Morgan fingerprint density at radius 2 is 2.00 bits per heavy atom. The molecule has 0 spiro atoms. The van der Waals surface area contributed by atoms with Gasteiger partial charge in [-0.25, -0.2) is 0 Å². The lowest BCUT2D eigenvalue weighted by molar-refractivity contribution is 0.173. The van der Waals surface area contributed by atoms with Gasteiger partial charge in [0.15, 0.2) is 0 Å². The molecule has 1 radical (unpaired) electrons. The molecule has 0 aromatic heterocycles. The van der Waals surface area contributed by atoms with Crippen LogP contribution in [0.5, 0.6) is 5.75 Å². The van der Waals surface area contributed by atoms with E-state index in [0.29, 0.717) is 6.61 Å². The number of rotatable bonds is 6. The van der Waals surface area contributed by atoms with Gasteiger partial charge in [-0.3, -0.25) is 5.21 Å². The highest BCUT2D eigenvalue weighted by molar-refractivity contribution is 5.91. The molecule has 2 N–H and O–H groups in total. The van der Waals surface area contributed by atoms with Crippen LogP contribution in [-0.4, -0.2) is 18.0 Å². The summed E-state index contributed by atoms with van der Waals surface area (Å²) in [4.78, 5) is 0. The van der Waals surface area contributed by atoms with E-state index in [1.807, 2.05) is 56.7 Å². The van der Waals surface area contributed by atoms with Crippen LogP contribution >= 0.6 is 0 Å². The van der Waals surface area contributed by atoms with Gasteiger partial charge in [0.1, 0.15) is 5.75 Å². The van der Waals surface area contributed by atoms with Gasteiger partial charge in [-0.2, -0.15) is 10.7 Å². The lowest BCUT2D eigenvalue weighted by Crippen LogP contribution is -1.99. The second-order valence-electron chi connectivity index (χ2n) is 4.42. The van der Waals surface area contributed by atoms with Crippen molar-refractivity contribution in [3.8, 4) is 16.9 Å². The van der Waals surface area contributed by atoms with Gasteiger partial charge in [0.2, 0.25) is 0 Å². The summed E-state index contributed by atoms with van der Waals surface area (Å²) in [6.07, 6.45) is 3.61. The Balaban J connectivity index is 2.53. The lowest BCUT2D eigenvalue weighted by atomic mass is 9.97. The van der Waals surface area contributed by atoms with Crippen LogP contribution in [-0.2, 0) is 0 Å². The molecule has 0 atom stereocenters. The summed E-state index contributed by atoms with van der Waals surface area (Å²) < 4.78 is 5.76. The Morgan fingerprint density at radius 3 is 2.71 bits per heavy atom. The molecule has 4 heteroatoms. The minimum atomic E-state index is 0.606. The fourth-order valence-electron chi connectivity index (χ4n) is 2.17. The molecule has 0 aliphatic carbocycles. The Morgan fingerprint density at radius 1 is 1.19 bits per heavy atom. The average Bonchev–Trinajstić information content (AvgIpc) is 2.53. The van der Waals surface area contributed by atoms with Crippen LogP contribution in [0.1, 0.15) is 25.0 Å². The standard InChI is InChI=1S/C17H19N2O2/c1-3-13-9-10-16(17(11-13)21-4-2)15-8-6-5-7-14(15)12-18-19-20/h3,5-12,19-20H,4H2,1-2H3. The molecule has 0 heterocycles. The Kier molecular flexibility index (Phi) is 5.35. The first kappa shape index (κ1) is 15.1. The quantitative estimate of drug-likeness (QED) is 0.628. The fraction of sp³-hybridized carbons (Fsp3) is 0.176. The molecule has 109 valence electrons. The summed E-state index contributed by atoms with van der Waals surface area (Å²) in [6.45, 7) is 4.57. The molecular weight excluding hydrogens is 264 g/mol. The molecule has 0 aliphatic rings. The molecular formula is C17H19N2O2. The van der Waals surface area contributed by atoms with Crippen molar-refractivity contribution in [3.63, 3.8) is 0 Å². The van der Waals surface area contributed by atoms with E-state index in [9.17, 15) is 0 Å². The minimum absolute atomic E-state index is 0.606. The maximum atomic E-state index is 8.62. The van der Waals surface area contributed by atoms with E-state index in [-0.39, 0.29) is 0 Å². The van der Waals surface area contributed by atoms with Crippen molar-refractivity contribution in [3.05, 3.63) is 60.0 Å². The normalized spacial score (nSPS) is 10.8. The largest absolute Gasteiger partial charge is 0.493 e. The molecule has 2 aromatic rings. The third-order valence-corrected chi connectivity index (χ3v) is 3.15. The summed E-state index contributed by atoms with van der Waals surface area (Å²) in [5.74, 6) is 0.839. The highest BCUT2D eigenvalue weighted by Crippen LogP contribution is 2.33. The van der Waals surface area contributed by atoms with E-state index in [1.165, 1.54) is 0 Å². The Hall–Kier alpha value is -2.33. The van der Waals surface area contributed by atoms with E-state index in [1.54, 1.807) is 11.8 Å². The van der Waals surface area contributed by atoms with Crippen LogP contribution in [0, 0.1) is 6.42 Å². The zero-order valence-corrected chi connectivity index (χ0v) is 12.2. The number of hydrogen-bond acceptors (Lipinski definition) is 4. The van der Waals surface area contributed by atoms with Gasteiger partial charge < -0.3 is 4.74 Å². The van der Waals surface area contributed by atoms with E-state index in [4.69, 9.17) is 9.94 Å². The van der Waals surface area contributed by atoms with Crippen LogP contribution in [0.4, 0.5) is 0 Å². The Bertz CT molecular complexity index is 624. The zero-order valence-electron chi connectivity index (χ0n) is 12.2. The molecule has 4 nitrogen and oxygen atoms in total. The van der Waals surface area contributed by atoms with Gasteiger partial charge in [-0.1, -0.05) is 43.3 Å². The summed E-state index contributed by atoms with van der Waals surface area (Å²) in [7, 11) is 0. The number of ether oxygens (including phenoxy) is 1. The predicted molar refractivity (Wildman–Crippen MR) is 84.6 cm³/mol. The van der Waals surface area contributed by atoms with Crippen LogP contribution in [0.3, 0.4) is 0 Å². The number of hydrogen-bond donors (Lipinski definition) is 2. The van der Waals surface area contributed by atoms with Crippen molar-refractivity contribution in [1.29, 1.82) is 0 Å². The van der Waals surface area contributed by atoms with Crippen LogP contribution in [0.2, 0.25) is 0 Å². The van der Waals surface area contributed by atoms with Gasteiger partial charge in [-0.15, -0.1) is 0 Å². The second-order valence-corrected chi connectivity index (χ2v) is 4.42. The zero-order chi connectivity index (χ0) is 15.1. The third kappa shape index (κ3) is 3.61. The summed E-state index contributed by atoms with van der Waals surface area (Å²) >= 11 is 0. The second kappa shape index (κ2) is 7.45. The number of hydrazone groups is 1. The third-order valence-electron chi connectivity index (χ3n) is 3.15. The maximum absolute atomic E-state index is 8.62. The van der Waals surface area contributed by atoms with Crippen LogP contribution in [0.15, 0.2) is 47.6 Å². The topological polar surface area (TPSA) is 53.9 Å². The van der Waals surface area contributed by atoms with Crippen molar-refractivity contribution in [2.75, 3.05) is 6.61 Å². The summed E-state index contributed by atoms with van der Waals surface area (Å²) in [5.41, 5.74) is 5.80. The van der Waals surface area contributed by atoms with Crippen molar-refractivity contribution in [2.45, 2.75) is 13.8 Å². The van der Waals surface area contributed by atoms with Gasteiger partial charge in [0.05, 0.1) is 12.8 Å². The number of nitrogens with zero attached hydrogens (tertiary/aromatic N) is 1. The number of benzene rings is 2. The highest BCUT2D eigenvalue weighted by atomic mass is 16.5. The molecule has 0 saturated carbocycles. The SMILES string of the molecule is C[CH]c1ccc(-c2ccccc2C=NNO)c(OCC)c1. The predicted octanol–water partition coefficient (Wildman–Crippen LogP) is 3.64. The fourth-order valence-corrected chi connectivity index (χ4v) is 2.17. The van der Waals surface area contributed by atoms with Crippen LogP contribution < -0.4 is 10.3 Å². The van der Waals surface area contributed by atoms with E-state index < -0.39 is 0 Å². The lowest BCUT2D eigenvalue weighted by Gasteiger charge is -2.13. The molecule has 0 aliphatic heterocycles. The minimum Gasteiger partial charge on any atom is -0.493 e. The first-order valence-corrected chi connectivity index (χ1v) is 6.88. The molecule has 21 heavy (non-hydrogen) atoms. The van der Waals surface area contributed by atoms with Crippen LogP contribution in [0.25, 0.3) is 11.1 Å². The molecule has 2 aromatic carbocycles. The van der Waals surface area contributed by atoms with Gasteiger partial charge in [0.25, 0.3) is 0 Å². The summed E-state index contributed by atoms with van der Waals surface area (Å²) in [6, 6.07) is 14.0. The van der Waals surface area contributed by atoms with Crippen molar-refractivity contribution < 1.29 is 9.94 Å². The van der Waals surface area contributed by atoms with Crippen molar-refractivity contribution in [2.24, 2.45) is 5.10 Å². The molecule has 0 amide bonds. The first-order chi connectivity index (χ1) is 10.3. The molecule has 2 rings (SSSR count). The number of nitrogens with one attached hydrogen (secondary N) is 1. The van der Waals surface area contributed by atoms with Crippen molar-refractivity contribution >= 4 is 6.21 Å². The van der Waals surface area contributed by atoms with E-state index >= 15 is 0 Å². The van der Waals surface area contributed by atoms with Gasteiger partial charge in [0, 0.05) is 11.1 Å². The summed E-state index contributed by atoms with van der Waals surface area (Å²) in [5, 5.41) is 12.3. The monoisotopic (exact) mass is 283 g/mol.